The largest absolute Gasteiger partial charge is 0.394 e. The Labute approximate surface area is 121 Å². The molecule has 0 aromatic carbocycles. The maximum atomic E-state index is 12.0. The number of aliphatic imine (C=N–C) groups is 1. The van der Waals surface area contributed by atoms with Crippen molar-refractivity contribution in [3.05, 3.63) is 22.9 Å². The van der Waals surface area contributed by atoms with Crippen LogP contribution in [0, 0.1) is 5.92 Å². The molecule has 1 heterocycles. The van der Waals surface area contributed by atoms with Crippen LogP contribution in [0.2, 0.25) is 0 Å². The first-order valence-corrected chi connectivity index (χ1v) is 7.74. The van der Waals surface area contributed by atoms with Crippen molar-refractivity contribution >= 4 is 27.7 Å². The van der Waals surface area contributed by atoms with Gasteiger partial charge in [-0.05, 0) is 17.5 Å². The molecule has 0 bridgehead atoms. The van der Waals surface area contributed by atoms with Gasteiger partial charge in [-0.1, -0.05) is 20.4 Å². The molecule has 108 valence electrons. The van der Waals surface area contributed by atoms with Crippen LogP contribution < -0.4 is 11.1 Å². The Morgan fingerprint density at radius 1 is 1.68 bits per heavy atom. The van der Waals surface area contributed by atoms with E-state index in [2.05, 4.69) is 16.9 Å². The van der Waals surface area contributed by atoms with E-state index in [4.69, 9.17) is 17.3 Å². The molecular formula is C12H20ClN3O2S. The summed E-state index contributed by atoms with van der Waals surface area (Å²) in [7, 11) is -1.15. The Morgan fingerprint density at radius 2 is 2.32 bits per heavy atom. The number of aliphatic hydroxyl groups excluding tert-OH is 1. The fourth-order valence-electron chi connectivity index (χ4n) is 1.80. The molecule has 0 saturated heterocycles. The Hall–Kier alpha value is -0.850. The molecule has 0 amide bonds. The molecule has 1 rings (SSSR count). The van der Waals surface area contributed by atoms with Crippen molar-refractivity contribution in [3.63, 3.8) is 0 Å². The summed E-state index contributed by atoms with van der Waals surface area (Å²) in [5.41, 5.74) is 6.46. The molecule has 1 aliphatic rings. The van der Waals surface area contributed by atoms with Crippen molar-refractivity contribution in [1.29, 1.82) is 0 Å². The summed E-state index contributed by atoms with van der Waals surface area (Å²) >= 11 is 5.56. The molecule has 2 unspecified atom stereocenters. The van der Waals surface area contributed by atoms with Crippen LogP contribution in [0.4, 0.5) is 0 Å². The van der Waals surface area contributed by atoms with E-state index in [-0.39, 0.29) is 23.9 Å². The second kappa shape index (κ2) is 7.07. The molecule has 0 aliphatic carbocycles. The van der Waals surface area contributed by atoms with Crippen molar-refractivity contribution < 1.29 is 9.32 Å². The normalized spacial score (nSPS) is 21.9. The average molecular weight is 306 g/mol. The van der Waals surface area contributed by atoms with Crippen molar-refractivity contribution in [1.82, 2.24) is 5.32 Å². The van der Waals surface area contributed by atoms with Crippen molar-refractivity contribution in [2.24, 2.45) is 16.6 Å². The maximum Gasteiger partial charge on any atom is 0.193 e. The summed E-state index contributed by atoms with van der Waals surface area (Å²) in [5, 5.41) is 12.3. The minimum absolute atomic E-state index is 0.0210. The summed E-state index contributed by atoms with van der Waals surface area (Å²) in [4.78, 5) is 4.53. The van der Waals surface area contributed by atoms with E-state index in [9.17, 15) is 9.32 Å². The zero-order valence-electron chi connectivity index (χ0n) is 11.1. The summed E-state index contributed by atoms with van der Waals surface area (Å²) < 4.78 is 12.0. The van der Waals surface area contributed by atoms with Crippen LogP contribution in [0.5, 0.6) is 0 Å². The van der Waals surface area contributed by atoms with Gasteiger partial charge < -0.3 is 16.2 Å². The second-order valence-electron chi connectivity index (χ2n) is 4.67. The third-order valence-electron chi connectivity index (χ3n) is 2.89. The summed E-state index contributed by atoms with van der Waals surface area (Å²) in [6, 6.07) is -0.142. The van der Waals surface area contributed by atoms with Crippen LogP contribution in [-0.4, -0.2) is 33.0 Å². The third kappa shape index (κ3) is 4.33. The van der Waals surface area contributed by atoms with Crippen LogP contribution in [0.3, 0.4) is 0 Å². The highest BCUT2D eigenvalue weighted by atomic mass is 35.5. The number of nitrogens with one attached hydrogen (secondary N) is 1. The highest BCUT2D eigenvalue weighted by Gasteiger charge is 2.26. The van der Waals surface area contributed by atoms with Gasteiger partial charge in [-0.2, -0.15) is 0 Å². The van der Waals surface area contributed by atoms with Crippen LogP contribution in [0.25, 0.3) is 0 Å². The number of hydrogen-bond donors (Lipinski definition) is 3. The van der Waals surface area contributed by atoms with E-state index >= 15 is 0 Å². The minimum atomic E-state index is -1.15. The molecule has 4 N–H and O–H groups in total. The first-order chi connectivity index (χ1) is 8.86. The van der Waals surface area contributed by atoms with Gasteiger partial charge in [0.2, 0.25) is 0 Å². The molecule has 2 atom stereocenters. The van der Waals surface area contributed by atoms with Gasteiger partial charge in [-0.15, -0.1) is 0 Å². The van der Waals surface area contributed by atoms with Crippen LogP contribution in [0.1, 0.15) is 20.3 Å². The standard InChI is InChI=1S/C12H20ClN3O2S/c1-7(2)10(6-17)15-8(3)11-9(16-12(13)14)4-5-19(11)18/h7,10,15,17H,3-6H2,1-2H3,(H2,14,16). The molecule has 0 aromatic heterocycles. The SMILES string of the molecule is C=C(NC(CO)C(C)C)C1=C(N=C(N)Cl)CCS1=O. The van der Waals surface area contributed by atoms with Gasteiger partial charge in [0.15, 0.2) is 5.29 Å². The Bertz CT molecular complexity index is 442. The molecule has 0 aromatic rings. The number of nitrogens with two attached hydrogens (primary N) is 1. The molecule has 0 saturated carbocycles. The fraction of sp³-hybridized carbons (Fsp3) is 0.583. The van der Waals surface area contributed by atoms with Crippen molar-refractivity contribution in [2.45, 2.75) is 26.3 Å². The Balaban J connectivity index is 2.95. The van der Waals surface area contributed by atoms with Gasteiger partial charge in [0.05, 0.1) is 34.1 Å². The number of rotatable bonds is 6. The monoisotopic (exact) mass is 305 g/mol. The zero-order chi connectivity index (χ0) is 14.6. The van der Waals surface area contributed by atoms with Gasteiger partial charge in [0.25, 0.3) is 0 Å². The van der Waals surface area contributed by atoms with Crippen molar-refractivity contribution in [2.75, 3.05) is 12.4 Å². The van der Waals surface area contributed by atoms with E-state index in [1.54, 1.807) is 0 Å². The number of hydrogen-bond acceptors (Lipinski definition) is 4. The summed E-state index contributed by atoms with van der Waals surface area (Å²) in [5.74, 6) is 0.715. The molecule has 7 heteroatoms. The first kappa shape index (κ1) is 16.2. The van der Waals surface area contributed by atoms with Gasteiger partial charge >= 0.3 is 0 Å². The average Bonchev–Trinajstić information content (AvgIpc) is 2.65. The zero-order valence-corrected chi connectivity index (χ0v) is 12.7. The number of allylic oxidation sites excluding steroid dienone is 1. The summed E-state index contributed by atoms with van der Waals surface area (Å²) in [6.45, 7) is 7.83. The lowest BCUT2D eigenvalue weighted by Crippen LogP contribution is -2.37. The second-order valence-corrected chi connectivity index (χ2v) is 6.56. The summed E-state index contributed by atoms with van der Waals surface area (Å²) in [6.07, 6.45) is 0.557. The maximum absolute atomic E-state index is 12.0. The number of nitrogens with zero attached hydrogens (tertiary/aromatic N) is 1. The van der Waals surface area contributed by atoms with E-state index in [0.717, 1.165) is 0 Å². The predicted octanol–water partition coefficient (Wildman–Crippen LogP) is 1.02. The van der Waals surface area contributed by atoms with Crippen LogP contribution in [0.15, 0.2) is 27.9 Å². The quantitative estimate of drug-likeness (QED) is 0.388. The molecular weight excluding hydrogens is 286 g/mol. The van der Waals surface area contributed by atoms with Gasteiger partial charge in [0.1, 0.15) is 0 Å². The minimum Gasteiger partial charge on any atom is -0.394 e. The molecule has 1 aliphatic heterocycles. The molecule has 0 fully saturated rings. The van der Waals surface area contributed by atoms with Crippen molar-refractivity contribution in [3.8, 4) is 0 Å². The van der Waals surface area contributed by atoms with Crippen LogP contribution in [-0.2, 0) is 10.8 Å². The van der Waals surface area contributed by atoms with Gasteiger partial charge in [-0.25, -0.2) is 4.99 Å². The highest BCUT2D eigenvalue weighted by molar-refractivity contribution is 7.89. The van der Waals surface area contributed by atoms with E-state index in [1.165, 1.54) is 0 Å². The lowest BCUT2D eigenvalue weighted by atomic mass is 10.1. The molecule has 0 radical (unpaired) electrons. The lowest BCUT2D eigenvalue weighted by Gasteiger charge is -2.23. The van der Waals surface area contributed by atoms with E-state index in [0.29, 0.717) is 28.5 Å². The smallest absolute Gasteiger partial charge is 0.193 e. The molecule has 19 heavy (non-hydrogen) atoms. The predicted molar refractivity (Wildman–Crippen MR) is 80.1 cm³/mol. The number of amidine groups is 1. The topological polar surface area (TPSA) is 87.7 Å². The lowest BCUT2D eigenvalue weighted by molar-refractivity contribution is 0.220. The van der Waals surface area contributed by atoms with Gasteiger partial charge in [-0.3, -0.25) is 4.21 Å². The molecule has 5 nitrogen and oxygen atoms in total. The Morgan fingerprint density at radius 3 is 2.79 bits per heavy atom. The van der Waals surface area contributed by atoms with Crippen LogP contribution >= 0.6 is 11.6 Å². The van der Waals surface area contributed by atoms with E-state index < -0.39 is 10.8 Å². The number of halogens is 1. The number of aliphatic hydroxyl groups is 1. The highest BCUT2D eigenvalue weighted by Crippen LogP contribution is 2.28. The Kier molecular flexibility index (Phi) is 6.03. The van der Waals surface area contributed by atoms with E-state index in [1.807, 2.05) is 13.8 Å². The van der Waals surface area contributed by atoms with Gasteiger partial charge in [0, 0.05) is 17.9 Å². The molecule has 0 spiro atoms. The third-order valence-corrected chi connectivity index (χ3v) is 4.49. The first-order valence-electron chi connectivity index (χ1n) is 6.04. The fourth-order valence-corrected chi connectivity index (χ4v) is 3.23.